The normalized spacial score (nSPS) is 21.7. The second-order valence-corrected chi connectivity index (χ2v) is 16.7. The van der Waals surface area contributed by atoms with Crippen LogP contribution in [0.1, 0.15) is 79.9 Å². The van der Waals surface area contributed by atoms with Gasteiger partial charge < -0.3 is 24.8 Å². The van der Waals surface area contributed by atoms with Gasteiger partial charge in [-0.25, -0.2) is 9.97 Å². The summed E-state index contributed by atoms with van der Waals surface area (Å²) >= 11 is 0. The number of ether oxygens (including phenoxy) is 1. The SMILES string of the molecule is COC1CCN(c2nccc(Nc3cc4c(cn3)c(N3CCC(N5CCN(Cc6ccc7c(c6)CN(C6CCC(=O)NC6=O)C7=O)CC5)CC3)nn4C(C)C)n2)CC1. The number of anilines is 4. The van der Waals surface area contributed by atoms with Crippen LogP contribution >= 0.6 is 0 Å². The van der Waals surface area contributed by atoms with E-state index in [1.54, 1.807) is 18.2 Å². The van der Waals surface area contributed by atoms with Crippen LogP contribution in [0.2, 0.25) is 0 Å². The minimum atomic E-state index is -0.591. The average Bonchev–Trinajstić information content (AvgIpc) is 3.78. The van der Waals surface area contributed by atoms with Crippen molar-refractivity contribution >= 4 is 52.0 Å². The minimum Gasteiger partial charge on any atom is -0.381 e. The van der Waals surface area contributed by atoms with Gasteiger partial charge in [0.25, 0.3) is 5.91 Å². The monoisotopic (exact) mass is 790 g/mol. The molecule has 9 rings (SSSR count). The lowest BCUT2D eigenvalue weighted by Gasteiger charge is -2.43. The van der Waals surface area contributed by atoms with Gasteiger partial charge in [-0.2, -0.15) is 10.1 Å². The van der Waals surface area contributed by atoms with E-state index in [9.17, 15) is 14.4 Å². The fraction of sp³-hybridized carbons (Fsp3) is 0.548. The summed E-state index contributed by atoms with van der Waals surface area (Å²) in [6.07, 6.45) is 8.79. The molecular formula is C42H54N12O4. The molecule has 5 aliphatic heterocycles. The molecular weight excluding hydrogens is 737 g/mol. The third-order valence-corrected chi connectivity index (χ3v) is 12.7. The van der Waals surface area contributed by atoms with E-state index in [0.717, 1.165) is 119 Å². The van der Waals surface area contributed by atoms with Crippen LogP contribution in [-0.4, -0.2) is 135 Å². The molecule has 1 unspecified atom stereocenters. The number of carbonyl (C=O) groups is 3. The molecule has 1 aromatic carbocycles. The Morgan fingerprint density at radius 3 is 2.40 bits per heavy atom. The van der Waals surface area contributed by atoms with Crippen LogP contribution in [0.5, 0.6) is 0 Å². The van der Waals surface area contributed by atoms with Gasteiger partial charge in [0.2, 0.25) is 17.8 Å². The van der Waals surface area contributed by atoms with E-state index in [1.165, 1.54) is 5.56 Å². The number of nitrogens with one attached hydrogen (secondary N) is 2. The Bertz CT molecular complexity index is 2170. The van der Waals surface area contributed by atoms with Gasteiger partial charge in [-0.1, -0.05) is 12.1 Å². The first kappa shape index (κ1) is 38.3. The predicted octanol–water partition coefficient (Wildman–Crippen LogP) is 3.71. The summed E-state index contributed by atoms with van der Waals surface area (Å²) < 4.78 is 7.65. The predicted molar refractivity (Wildman–Crippen MR) is 220 cm³/mol. The first-order valence-corrected chi connectivity index (χ1v) is 20.9. The van der Waals surface area contributed by atoms with Crippen LogP contribution in [-0.2, 0) is 27.4 Å². The molecule has 306 valence electrons. The Kier molecular flexibility index (Phi) is 10.7. The standard InChI is InChI=1S/C42H54N12O4/c1-27(2)54-35-23-37(45-36-8-13-43-42(46-36)52-16-11-31(58-3)12-17-52)44-24-33(35)39(48-54)51-14-9-30(10-15-51)50-20-18-49(19-21-50)25-28-4-5-32-29(22-28)26-53(41(32)57)34-6-7-38(55)47-40(34)56/h4-5,8,13,22-24,27,30-31,34H,6-7,9-12,14-21,25-26H2,1-3H3,(H,47,55,56)(H,43,44,45,46). The van der Waals surface area contributed by atoms with Crippen molar-refractivity contribution in [2.24, 2.45) is 0 Å². The molecule has 0 aliphatic carbocycles. The van der Waals surface area contributed by atoms with Crippen molar-refractivity contribution in [2.45, 2.75) is 89.7 Å². The smallest absolute Gasteiger partial charge is 0.255 e. The Morgan fingerprint density at radius 1 is 0.879 bits per heavy atom. The van der Waals surface area contributed by atoms with Gasteiger partial charge in [0, 0.05) is 115 Å². The third kappa shape index (κ3) is 7.72. The van der Waals surface area contributed by atoms with Crippen molar-refractivity contribution in [3.63, 3.8) is 0 Å². The molecule has 1 atom stereocenters. The fourth-order valence-corrected chi connectivity index (χ4v) is 9.42. The lowest BCUT2D eigenvalue weighted by Crippen LogP contribution is -2.53. The highest BCUT2D eigenvalue weighted by atomic mass is 16.5. The molecule has 4 aromatic rings. The number of amides is 3. The highest BCUT2D eigenvalue weighted by Crippen LogP contribution is 2.33. The van der Waals surface area contributed by atoms with Crippen LogP contribution in [0.25, 0.3) is 10.9 Å². The van der Waals surface area contributed by atoms with Gasteiger partial charge in [-0.05, 0) is 69.2 Å². The maximum atomic E-state index is 13.2. The number of methoxy groups -OCH3 is 1. The second kappa shape index (κ2) is 16.2. The topological polar surface area (TPSA) is 157 Å². The van der Waals surface area contributed by atoms with Crippen molar-refractivity contribution in [3.05, 3.63) is 59.4 Å². The summed E-state index contributed by atoms with van der Waals surface area (Å²) in [7, 11) is 1.78. The van der Waals surface area contributed by atoms with Crippen LogP contribution in [0.15, 0.2) is 42.7 Å². The minimum absolute atomic E-state index is 0.126. The number of carbonyl (C=O) groups excluding carboxylic acids is 3. The first-order chi connectivity index (χ1) is 28.2. The number of imide groups is 1. The molecule has 58 heavy (non-hydrogen) atoms. The molecule has 5 aliphatic rings. The van der Waals surface area contributed by atoms with Gasteiger partial charge in [-0.15, -0.1) is 0 Å². The Labute approximate surface area is 338 Å². The van der Waals surface area contributed by atoms with E-state index in [2.05, 4.69) is 65.9 Å². The number of nitrogens with zero attached hydrogens (tertiary/aromatic N) is 10. The molecule has 8 heterocycles. The van der Waals surface area contributed by atoms with E-state index in [-0.39, 0.29) is 30.2 Å². The van der Waals surface area contributed by atoms with Crippen molar-refractivity contribution in [1.82, 2.24) is 44.7 Å². The quantitative estimate of drug-likeness (QED) is 0.225. The zero-order valence-electron chi connectivity index (χ0n) is 33.8. The maximum Gasteiger partial charge on any atom is 0.255 e. The molecule has 3 amide bonds. The molecule has 16 nitrogen and oxygen atoms in total. The fourth-order valence-electron chi connectivity index (χ4n) is 9.42. The lowest BCUT2D eigenvalue weighted by atomic mass is 10.0. The van der Waals surface area contributed by atoms with E-state index in [0.29, 0.717) is 36.5 Å². The number of fused-ring (bicyclic) bond motifs is 2. The highest BCUT2D eigenvalue weighted by Gasteiger charge is 2.39. The summed E-state index contributed by atoms with van der Waals surface area (Å²) in [5.41, 5.74) is 3.86. The zero-order valence-corrected chi connectivity index (χ0v) is 33.8. The van der Waals surface area contributed by atoms with Gasteiger partial charge in [0.15, 0.2) is 5.82 Å². The second-order valence-electron chi connectivity index (χ2n) is 16.7. The molecule has 4 saturated heterocycles. The number of hydrogen-bond acceptors (Lipinski definition) is 13. The number of aromatic nitrogens is 5. The lowest BCUT2D eigenvalue weighted by molar-refractivity contribution is -0.136. The summed E-state index contributed by atoms with van der Waals surface area (Å²) in [5.74, 6) is 2.39. The number of pyridine rings is 1. The Hall–Kier alpha value is -5.19. The van der Waals surface area contributed by atoms with Gasteiger partial charge >= 0.3 is 0 Å². The van der Waals surface area contributed by atoms with Crippen molar-refractivity contribution in [3.8, 4) is 0 Å². The van der Waals surface area contributed by atoms with E-state index in [4.69, 9.17) is 19.8 Å². The zero-order chi connectivity index (χ0) is 39.9. The number of rotatable bonds is 10. The third-order valence-electron chi connectivity index (χ3n) is 12.7. The van der Waals surface area contributed by atoms with Crippen LogP contribution in [0.3, 0.4) is 0 Å². The highest BCUT2D eigenvalue weighted by molar-refractivity contribution is 6.05. The summed E-state index contributed by atoms with van der Waals surface area (Å²) in [4.78, 5) is 62.9. The number of piperidine rings is 3. The molecule has 16 heteroatoms. The summed E-state index contributed by atoms with van der Waals surface area (Å²) in [5, 5.41) is 12.0. The van der Waals surface area contributed by atoms with E-state index in [1.807, 2.05) is 24.4 Å². The van der Waals surface area contributed by atoms with Crippen LogP contribution in [0, 0.1) is 0 Å². The Morgan fingerprint density at radius 2 is 1.66 bits per heavy atom. The van der Waals surface area contributed by atoms with Crippen molar-refractivity contribution < 1.29 is 19.1 Å². The molecule has 0 bridgehead atoms. The number of benzene rings is 1. The average molecular weight is 791 g/mol. The Balaban J connectivity index is 0.785. The first-order valence-electron chi connectivity index (χ1n) is 20.9. The molecule has 4 fully saturated rings. The van der Waals surface area contributed by atoms with Gasteiger partial charge in [0.1, 0.15) is 17.7 Å². The van der Waals surface area contributed by atoms with Crippen LogP contribution < -0.4 is 20.4 Å². The van der Waals surface area contributed by atoms with Crippen molar-refractivity contribution in [2.75, 3.05) is 74.6 Å². The van der Waals surface area contributed by atoms with Crippen LogP contribution in [0.4, 0.5) is 23.4 Å². The van der Waals surface area contributed by atoms with Gasteiger partial charge in [-0.3, -0.25) is 34.2 Å². The van der Waals surface area contributed by atoms with E-state index < -0.39 is 6.04 Å². The maximum absolute atomic E-state index is 13.2. The molecule has 0 radical (unpaired) electrons. The van der Waals surface area contributed by atoms with E-state index >= 15 is 0 Å². The molecule has 2 N–H and O–H groups in total. The number of piperazine rings is 1. The number of hydrogen-bond donors (Lipinski definition) is 2. The molecule has 0 spiro atoms. The van der Waals surface area contributed by atoms with Gasteiger partial charge in [0.05, 0.1) is 17.0 Å². The summed E-state index contributed by atoms with van der Waals surface area (Å²) in [6, 6.07) is 10.2. The molecule has 3 aromatic heterocycles. The summed E-state index contributed by atoms with van der Waals surface area (Å²) in [6.45, 7) is 13.3. The largest absolute Gasteiger partial charge is 0.381 e. The molecule has 0 saturated carbocycles. The van der Waals surface area contributed by atoms with Crippen molar-refractivity contribution in [1.29, 1.82) is 0 Å².